The summed E-state index contributed by atoms with van der Waals surface area (Å²) in [6.07, 6.45) is 4.91. The molecule has 1 saturated heterocycles. The summed E-state index contributed by atoms with van der Waals surface area (Å²) in [6.45, 7) is 16.5. The van der Waals surface area contributed by atoms with Crippen LogP contribution in [0.4, 0.5) is 0 Å². The molecule has 1 heterocycles. The maximum atomic E-state index is 5.60. The van der Waals surface area contributed by atoms with Gasteiger partial charge in [-0.05, 0) is 19.3 Å². The van der Waals surface area contributed by atoms with E-state index >= 15 is 0 Å². The first kappa shape index (κ1) is 40.2. The van der Waals surface area contributed by atoms with Crippen LogP contribution in [0.3, 0.4) is 0 Å². The molecule has 0 amide bonds. The molecule has 1 aliphatic heterocycles. The van der Waals surface area contributed by atoms with E-state index < -0.39 is 0 Å². The summed E-state index contributed by atoms with van der Waals surface area (Å²) in [6, 6.07) is 0. The Bertz CT molecular complexity index is 538. The SMILES string of the molecule is C=CCOCCOCCOCCOCCOCCOCCOCCOCCOCCOCCOCCOC1CCCCO1. The molecular formula is C30H58O13. The van der Waals surface area contributed by atoms with Crippen molar-refractivity contribution in [3.63, 3.8) is 0 Å². The van der Waals surface area contributed by atoms with Gasteiger partial charge in [-0.25, -0.2) is 0 Å². The summed E-state index contributed by atoms with van der Waals surface area (Å²) in [5.74, 6) is 0. The molecule has 256 valence electrons. The molecule has 1 atom stereocenters. The van der Waals surface area contributed by atoms with Gasteiger partial charge in [-0.3, -0.25) is 0 Å². The highest BCUT2D eigenvalue weighted by atomic mass is 16.7. The lowest BCUT2D eigenvalue weighted by Gasteiger charge is -2.22. The van der Waals surface area contributed by atoms with Crippen LogP contribution < -0.4 is 0 Å². The third kappa shape index (κ3) is 32.4. The molecule has 1 unspecified atom stereocenters. The van der Waals surface area contributed by atoms with E-state index in [9.17, 15) is 0 Å². The fourth-order valence-electron chi connectivity index (χ4n) is 3.45. The van der Waals surface area contributed by atoms with Gasteiger partial charge in [0.05, 0.1) is 152 Å². The van der Waals surface area contributed by atoms with Crippen LogP contribution in [0, 0.1) is 0 Å². The molecule has 1 rings (SSSR count). The van der Waals surface area contributed by atoms with E-state index in [1.54, 1.807) is 6.08 Å². The van der Waals surface area contributed by atoms with Crippen LogP contribution in [0.25, 0.3) is 0 Å². The first-order valence-electron chi connectivity index (χ1n) is 15.6. The van der Waals surface area contributed by atoms with Crippen molar-refractivity contribution in [2.75, 3.05) is 159 Å². The van der Waals surface area contributed by atoms with Crippen LogP contribution in [0.1, 0.15) is 19.3 Å². The Balaban J connectivity index is 1.60. The van der Waals surface area contributed by atoms with Crippen molar-refractivity contribution in [3.05, 3.63) is 12.7 Å². The minimum atomic E-state index is -0.0646. The summed E-state index contributed by atoms with van der Waals surface area (Å²) in [4.78, 5) is 0. The van der Waals surface area contributed by atoms with Gasteiger partial charge in [0.1, 0.15) is 0 Å². The molecule has 0 saturated carbocycles. The largest absolute Gasteiger partial charge is 0.377 e. The van der Waals surface area contributed by atoms with Crippen LogP contribution in [0.2, 0.25) is 0 Å². The third-order valence-electron chi connectivity index (χ3n) is 5.63. The molecule has 1 aliphatic rings. The molecule has 13 heteroatoms. The lowest BCUT2D eigenvalue weighted by atomic mass is 10.2. The van der Waals surface area contributed by atoms with Crippen molar-refractivity contribution in [1.29, 1.82) is 0 Å². The normalized spacial score (nSPS) is 15.3. The summed E-state index contributed by atoms with van der Waals surface area (Å²) >= 11 is 0. The van der Waals surface area contributed by atoms with Crippen LogP contribution in [0.5, 0.6) is 0 Å². The Morgan fingerprint density at radius 1 is 0.419 bits per heavy atom. The van der Waals surface area contributed by atoms with Gasteiger partial charge in [-0.2, -0.15) is 0 Å². The van der Waals surface area contributed by atoms with Crippen molar-refractivity contribution >= 4 is 0 Å². The lowest BCUT2D eigenvalue weighted by Crippen LogP contribution is -2.24. The lowest BCUT2D eigenvalue weighted by molar-refractivity contribution is -0.169. The third-order valence-corrected chi connectivity index (χ3v) is 5.63. The Labute approximate surface area is 258 Å². The maximum absolute atomic E-state index is 5.60. The van der Waals surface area contributed by atoms with Crippen LogP contribution >= 0.6 is 0 Å². The molecule has 43 heavy (non-hydrogen) atoms. The second-order valence-electron chi connectivity index (χ2n) is 9.15. The molecule has 13 nitrogen and oxygen atoms in total. The molecule has 0 aromatic carbocycles. The fraction of sp³-hybridized carbons (Fsp3) is 0.933. The molecule has 0 aliphatic carbocycles. The highest BCUT2D eigenvalue weighted by Gasteiger charge is 2.13. The van der Waals surface area contributed by atoms with Gasteiger partial charge in [0.25, 0.3) is 0 Å². The van der Waals surface area contributed by atoms with E-state index in [-0.39, 0.29) is 6.29 Å². The first-order valence-corrected chi connectivity index (χ1v) is 15.6. The molecule has 0 radical (unpaired) electrons. The van der Waals surface area contributed by atoms with Gasteiger partial charge in [0, 0.05) is 6.61 Å². The second kappa shape index (κ2) is 35.7. The number of ether oxygens (including phenoxy) is 13. The van der Waals surface area contributed by atoms with Crippen molar-refractivity contribution in [1.82, 2.24) is 0 Å². The summed E-state index contributed by atoms with van der Waals surface area (Å²) in [5.41, 5.74) is 0. The van der Waals surface area contributed by atoms with Crippen LogP contribution in [0.15, 0.2) is 12.7 Å². The van der Waals surface area contributed by atoms with Crippen LogP contribution in [-0.4, -0.2) is 165 Å². The molecule has 0 N–H and O–H groups in total. The average Bonchev–Trinajstić information content (AvgIpc) is 3.03. The summed E-state index contributed by atoms with van der Waals surface area (Å²) in [7, 11) is 0. The van der Waals surface area contributed by atoms with E-state index in [1.165, 1.54) is 6.42 Å². The number of hydrogen-bond acceptors (Lipinski definition) is 13. The van der Waals surface area contributed by atoms with Crippen molar-refractivity contribution in [3.8, 4) is 0 Å². The van der Waals surface area contributed by atoms with Crippen molar-refractivity contribution < 1.29 is 61.6 Å². The summed E-state index contributed by atoms with van der Waals surface area (Å²) < 4.78 is 70.9. The van der Waals surface area contributed by atoms with E-state index in [4.69, 9.17) is 61.6 Å². The van der Waals surface area contributed by atoms with Crippen molar-refractivity contribution in [2.45, 2.75) is 25.6 Å². The van der Waals surface area contributed by atoms with Gasteiger partial charge >= 0.3 is 0 Å². The zero-order valence-electron chi connectivity index (χ0n) is 26.3. The molecule has 0 aromatic rings. The van der Waals surface area contributed by atoms with Gasteiger partial charge in [-0.1, -0.05) is 6.08 Å². The fourth-order valence-corrected chi connectivity index (χ4v) is 3.45. The van der Waals surface area contributed by atoms with Crippen LogP contribution in [-0.2, 0) is 61.6 Å². The Kier molecular flexibility index (Phi) is 33.4. The molecule has 0 bridgehead atoms. The average molecular weight is 627 g/mol. The minimum absolute atomic E-state index is 0.0646. The molecular weight excluding hydrogens is 568 g/mol. The molecule has 0 aromatic heterocycles. The van der Waals surface area contributed by atoms with Gasteiger partial charge in [0.2, 0.25) is 0 Å². The van der Waals surface area contributed by atoms with E-state index in [0.29, 0.717) is 152 Å². The smallest absolute Gasteiger partial charge is 0.157 e. The van der Waals surface area contributed by atoms with Gasteiger partial charge < -0.3 is 61.6 Å². The highest BCUT2D eigenvalue weighted by Crippen LogP contribution is 2.13. The Morgan fingerprint density at radius 2 is 0.721 bits per heavy atom. The predicted octanol–water partition coefficient (Wildman–Crippen LogP) is 1.90. The van der Waals surface area contributed by atoms with E-state index in [0.717, 1.165) is 19.4 Å². The number of hydrogen-bond donors (Lipinski definition) is 0. The minimum Gasteiger partial charge on any atom is -0.377 e. The predicted molar refractivity (Wildman–Crippen MR) is 159 cm³/mol. The quantitative estimate of drug-likeness (QED) is 0.0745. The monoisotopic (exact) mass is 626 g/mol. The van der Waals surface area contributed by atoms with Gasteiger partial charge in [0.15, 0.2) is 6.29 Å². The molecule has 0 spiro atoms. The van der Waals surface area contributed by atoms with E-state index in [2.05, 4.69) is 6.58 Å². The maximum Gasteiger partial charge on any atom is 0.157 e. The van der Waals surface area contributed by atoms with Gasteiger partial charge in [-0.15, -0.1) is 6.58 Å². The highest BCUT2D eigenvalue weighted by molar-refractivity contribution is 4.63. The zero-order valence-corrected chi connectivity index (χ0v) is 26.3. The Hall–Kier alpha value is -0.780. The van der Waals surface area contributed by atoms with Crippen molar-refractivity contribution in [2.24, 2.45) is 0 Å². The number of rotatable bonds is 36. The second-order valence-corrected chi connectivity index (χ2v) is 9.15. The first-order chi connectivity index (χ1) is 21.4. The van der Waals surface area contributed by atoms with E-state index in [1.807, 2.05) is 0 Å². The molecule has 1 fully saturated rings. The summed E-state index contributed by atoms with van der Waals surface area (Å²) in [5, 5.41) is 0. The standard InChI is InChI=1S/C30H58O13/c1-2-6-31-8-9-32-10-11-33-12-13-34-14-15-35-16-17-36-18-19-37-20-21-38-22-23-39-24-25-40-26-27-41-28-29-43-30-5-3-4-7-42-30/h2,30H,1,3-29H2. The zero-order chi connectivity index (χ0) is 30.6. The topological polar surface area (TPSA) is 120 Å². The Morgan fingerprint density at radius 3 is 1.00 bits per heavy atom.